The van der Waals surface area contributed by atoms with Gasteiger partial charge in [-0.05, 0) is 65.2 Å². The Morgan fingerprint density at radius 1 is 0.778 bits per heavy atom. The minimum Gasteiger partial charge on any atom is -0.744 e. The van der Waals surface area contributed by atoms with E-state index in [1.54, 1.807) is 37.4 Å². The maximum atomic E-state index is 14.0. The van der Waals surface area contributed by atoms with Gasteiger partial charge in [0.1, 0.15) is 20.8 Å². The average Bonchev–Trinajstić information content (AvgIpc) is 3.11. The topological polar surface area (TPSA) is 250 Å². The number of hydrogen-bond acceptors (Lipinski definition) is 16. The van der Waals surface area contributed by atoms with Gasteiger partial charge < -0.3 is 29.8 Å². The van der Waals surface area contributed by atoms with E-state index in [1.807, 2.05) is 0 Å². The molecule has 7 rings (SSSR count). The second-order valence-corrected chi connectivity index (χ2v) is 14.6. The van der Waals surface area contributed by atoms with Crippen LogP contribution in [0.5, 0.6) is 5.75 Å². The molecule has 0 spiro atoms. The summed E-state index contributed by atoms with van der Waals surface area (Å²) in [4.78, 5) is 38.1. The number of nitrogens with one attached hydrogen (secondary N) is 3. The molecule has 0 fully saturated rings. The van der Waals surface area contributed by atoms with Crippen molar-refractivity contribution < 1.29 is 64.8 Å². The number of aryl methyl sites for hydroxylation is 1. The van der Waals surface area contributed by atoms with Crippen molar-refractivity contribution in [2.24, 2.45) is 12.9 Å². The van der Waals surface area contributed by atoms with E-state index in [-0.39, 0.29) is 97.0 Å². The SMILES string of the molecule is COc1ccc(S(=O)(=O)ON)c(Nc2nc(Cl)nc(Nc3ccc(S(=O)(=O)[O-])c(Nc4ccc5c6c(cc(=O)n5C)-c5ccccc5C(=O)c46)c3)n2)c1.[Na+]. The minimum atomic E-state index is -5.07. The summed E-state index contributed by atoms with van der Waals surface area (Å²) < 4.78 is 72.9. The van der Waals surface area contributed by atoms with Crippen molar-refractivity contribution in [2.45, 2.75) is 9.79 Å². The normalized spacial score (nSPS) is 12.1. The molecule has 0 saturated carbocycles. The van der Waals surface area contributed by atoms with Gasteiger partial charge >= 0.3 is 39.7 Å². The second-order valence-electron chi connectivity index (χ2n) is 11.4. The first kappa shape index (κ1) is 38.8. The number of fused-ring (bicyclic) bond motifs is 2. The van der Waals surface area contributed by atoms with E-state index in [1.165, 1.54) is 54.1 Å². The summed E-state index contributed by atoms with van der Waals surface area (Å²) in [7, 11) is -6.53. The number of hydrogen-bond donors (Lipinski definition) is 4. The van der Waals surface area contributed by atoms with Crippen LogP contribution in [0.4, 0.5) is 34.6 Å². The van der Waals surface area contributed by atoms with Crippen LogP contribution in [-0.2, 0) is 31.6 Å². The molecule has 6 aromatic rings. The fourth-order valence-electron chi connectivity index (χ4n) is 5.94. The predicted octanol–water partition coefficient (Wildman–Crippen LogP) is 1.31. The summed E-state index contributed by atoms with van der Waals surface area (Å²) in [5.74, 6) is 4.45. The third-order valence-electron chi connectivity index (χ3n) is 8.31. The summed E-state index contributed by atoms with van der Waals surface area (Å²) in [6.07, 6.45) is 0. The number of nitrogens with two attached hydrogens (primary N) is 1. The van der Waals surface area contributed by atoms with E-state index in [2.05, 4.69) is 35.2 Å². The molecule has 0 saturated heterocycles. The molecule has 0 unspecified atom stereocenters. The number of nitrogens with zero attached hydrogens (tertiary/aromatic N) is 4. The first-order chi connectivity index (χ1) is 25.2. The first-order valence-electron chi connectivity index (χ1n) is 15.1. The number of ketones is 1. The fourth-order valence-corrected chi connectivity index (χ4v) is 7.43. The number of halogens is 1. The number of rotatable bonds is 10. The standard InChI is InChI=1S/C33H25ClN8O9S2.Na/c1-42-24-10-9-21(29-28(24)20(15-27(42)43)18-5-3-4-6-19(18)30(29)44)37-22-13-16(7-11-25(22)52(45,46)47)36-32-39-31(34)40-33(41-32)38-23-14-17(50-2)8-12-26(23)53(48,49)51-35;/h3-15,37H,35H2,1-2H3,(H,45,46,47)(H2,36,38,39,40,41);/q;+1/p-1. The van der Waals surface area contributed by atoms with Gasteiger partial charge in [0.2, 0.25) is 17.2 Å². The summed E-state index contributed by atoms with van der Waals surface area (Å²) in [5.41, 5.74) is 1.80. The number of carbonyl (C=O) groups is 1. The van der Waals surface area contributed by atoms with Gasteiger partial charge in [-0.1, -0.05) is 24.3 Å². The van der Waals surface area contributed by atoms with Crippen LogP contribution in [0.15, 0.2) is 93.4 Å². The van der Waals surface area contributed by atoms with Gasteiger partial charge in [-0.25, -0.2) is 8.42 Å². The van der Waals surface area contributed by atoms with Crippen molar-refractivity contribution in [3.63, 3.8) is 0 Å². The maximum Gasteiger partial charge on any atom is 1.00 e. The molecule has 0 aliphatic heterocycles. The van der Waals surface area contributed by atoms with Crippen molar-refractivity contribution in [1.29, 1.82) is 0 Å². The third-order valence-corrected chi connectivity index (χ3v) is 10.5. The number of methoxy groups -OCH3 is 1. The Bertz CT molecular complexity index is 2820. The van der Waals surface area contributed by atoms with Crippen LogP contribution in [0, 0.1) is 0 Å². The first-order valence-corrected chi connectivity index (χ1v) is 18.3. The molecule has 0 amide bonds. The van der Waals surface area contributed by atoms with E-state index in [0.29, 0.717) is 27.6 Å². The quantitative estimate of drug-likeness (QED) is 0.0865. The zero-order chi connectivity index (χ0) is 37.8. The summed E-state index contributed by atoms with van der Waals surface area (Å²) in [6, 6.07) is 18.8. The van der Waals surface area contributed by atoms with Crippen LogP contribution in [0.1, 0.15) is 15.9 Å². The number of ether oxygens (including phenoxy) is 1. The monoisotopic (exact) mass is 798 g/mol. The molecule has 0 bridgehead atoms. The van der Waals surface area contributed by atoms with Crippen molar-refractivity contribution in [2.75, 3.05) is 23.1 Å². The molecule has 54 heavy (non-hydrogen) atoms. The second kappa shape index (κ2) is 14.7. The van der Waals surface area contributed by atoms with Crippen molar-refractivity contribution in [3.05, 3.63) is 106 Å². The number of aromatic nitrogens is 4. The molecule has 2 heterocycles. The molecule has 17 nitrogen and oxygen atoms in total. The Labute approximate surface area is 333 Å². The number of pyridine rings is 1. The molecule has 1 aliphatic carbocycles. The fraction of sp³-hybridized carbons (Fsp3) is 0.0606. The molecule has 0 atom stereocenters. The number of carbonyl (C=O) groups excluding carboxylic acids is 1. The van der Waals surface area contributed by atoms with Gasteiger partial charge in [0, 0.05) is 35.8 Å². The van der Waals surface area contributed by atoms with Crippen LogP contribution >= 0.6 is 11.6 Å². The van der Waals surface area contributed by atoms with Gasteiger partial charge in [-0.3, -0.25) is 9.59 Å². The molecule has 270 valence electrons. The van der Waals surface area contributed by atoms with Gasteiger partial charge in [0.05, 0.1) is 40.1 Å². The van der Waals surface area contributed by atoms with Crippen LogP contribution in [0.25, 0.3) is 22.0 Å². The number of anilines is 6. The summed E-state index contributed by atoms with van der Waals surface area (Å²) in [5, 5.41) is 8.66. The Morgan fingerprint density at radius 3 is 2.13 bits per heavy atom. The van der Waals surface area contributed by atoms with E-state index in [9.17, 15) is 31.0 Å². The molecule has 4 aromatic carbocycles. The van der Waals surface area contributed by atoms with Gasteiger partial charge in [-0.2, -0.15) is 33.6 Å². The van der Waals surface area contributed by atoms with Crippen molar-refractivity contribution in [3.8, 4) is 16.9 Å². The van der Waals surface area contributed by atoms with E-state index >= 15 is 0 Å². The van der Waals surface area contributed by atoms with E-state index < -0.39 is 25.1 Å². The molecule has 1 aliphatic rings. The van der Waals surface area contributed by atoms with Gasteiger partial charge in [-0.15, -0.1) is 0 Å². The zero-order valence-corrected chi connectivity index (χ0v) is 32.6. The van der Waals surface area contributed by atoms with Crippen LogP contribution < -0.4 is 61.7 Å². The Balaban J connectivity index is 0.00000497. The average molecular weight is 799 g/mol. The van der Waals surface area contributed by atoms with Crippen LogP contribution in [0.2, 0.25) is 5.28 Å². The molecule has 0 radical (unpaired) electrons. The Morgan fingerprint density at radius 2 is 1.44 bits per heavy atom. The molecule has 2 aromatic heterocycles. The third kappa shape index (κ3) is 7.16. The summed E-state index contributed by atoms with van der Waals surface area (Å²) >= 11 is 6.18. The maximum absolute atomic E-state index is 14.0. The molecule has 21 heteroatoms. The van der Waals surface area contributed by atoms with Crippen LogP contribution in [-0.4, -0.2) is 53.8 Å². The van der Waals surface area contributed by atoms with Crippen molar-refractivity contribution >= 4 is 83.2 Å². The Kier molecular flexibility index (Phi) is 10.5. The number of benzene rings is 4. The largest absolute Gasteiger partial charge is 1.00 e. The Hall–Kier alpha value is -4.96. The zero-order valence-electron chi connectivity index (χ0n) is 28.2. The van der Waals surface area contributed by atoms with Gasteiger partial charge in [0.15, 0.2) is 5.78 Å². The summed E-state index contributed by atoms with van der Waals surface area (Å²) in [6.45, 7) is 0. The van der Waals surface area contributed by atoms with E-state index in [4.69, 9.17) is 22.2 Å². The van der Waals surface area contributed by atoms with Crippen LogP contribution in [0.3, 0.4) is 0 Å². The van der Waals surface area contributed by atoms with Crippen molar-refractivity contribution in [1.82, 2.24) is 19.5 Å². The van der Waals surface area contributed by atoms with Gasteiger partial charge in [0.25, 0.3) is 5.56 Å². The smallest absolute Gasteiger partial charge is 0.744 e. The molecular weight excluding hydrogens is 775 g/mol. The molecular formula is C33H24ClN8NaO9S2. The van der Waals surface area contributed by atoms with E-state index in [0.717, 1.165) is 6.07 Å². The minimum absolute atomic E-state index is 0. The molecule has 5 N–H and O–H groups in total. The predicted molar refractivity (Wildman–Crippen MR) is 193 cm³/mol.